The molecule has 6 heteroatoms. The van der Waals surface area contributed by atoms with Crippen LogP contribution in [0.5, 0.6) is 11.5 Å². The Bertz CT molecular complexity index is 402. The van der Waals surface area contributed by atoms with Gasteiger partial charge in [0.2, 0.25) is 0 Å². The van der Waals surface area contributed by atoms with Gasteiger partial charge >= 0.3 is 0 Å². The van der Waals surface area contributed by atoms with Crippen molar-refractivity contribution in [3.8, 4) is 11.5 Å². The van der Waals surface area contributed by atoms with Crippen LogP contribution < -0.4 is 14.8 Å². The van der Waals surface area contributed by atoms with Crippen LogP contribution >= 0.6 is 0 Å². The normalized spacial score (nSPS) is 9.54. The van der Waals surface area contributed by atoms with Crippen molar-refractivity contribution in [3.05, 3.63) is 23.3 Å². The number of nitrogens with one attached hydrogen (secondary N) is 1. The highest BCUT2D eigenvalue weighted by molar-refractivity contribution is 5.47. The maximum absolute atomic E-state index is 5.65. The molecule has 0 spiro atoms. The predicted molar refractivity (Wildman–Crippen MR) is 107 cm³/mol. The minimum atomic E-state index is 0.412. The molecule has 1 rings (SSSR count). The summed E-state index contributed by atoms with van der Waals surface area (Å²) >= 11 is 0. The van der Waals surface area contributed by atoms with Crippen LogP contribution in [-0.2, 0) is 27.4 Å². The molecule has 0 amide bonds. The number of hydrogen-bond acceptors (Lipinski definition) is 6. The molecule has 26 heavy (non-hydrogen) atoms. The number of methoxy groups -OCH3 is 3. The molecule has 1 aromatic carbocycles. The van der Waals surface area contributed by atoms with Gasteiger partial charge in [-0.2, -0.15) is 0 Å². The van der Waals surface area contributed by atoms with E-state index in [-0.39, 0.29) is 0 Å². The topological polar surface area (TPSA) is 58.2 Å². The molecule has 0 fully saturated rings. The van der Waals surface area contributed by atoms with Crippen LogP contribution in [0.15, 0.2) is 12.1 Å². The summed E-state index contributed by atoms with van der Waals surface area (Å²) in [6.45, 7) is 11.5. The Balaban J connectivity index is 0. The van der Waals surface area contributed by atoms with Crippen LogP contribution in [-0.4, -0.2) is 54.7 Å². The number of ether oxygens (including phenoxy) is 5. The van der Waals surface area contributed by atoms with Gasteiger partial charge in [0.15, 0.2) is 0 Å². The average molecular weight is 374 g/mol. The molecule has 0 radical (unpaired) electrons. The predicted octanol–water partition coefficient (Wildman–Crippen LogP) is 3.66. The first-order valence-electron chi connectivity index (χ1n) is 9.29. The molecule has 0 heterocycles. The smallest absolute Gasteiger partial charge is 0.128 e. The van der Waals surface area contributed by atoms with Gasteiger partial charge in [0.25, 0.3) is 0 Å². The van der Waals surface area contributed by atoms with Crippen molar-refractivity contribution in [2.45, 2.75) is 40.9 Å². The molecule has 154 valence electrons. The number of benzene rings is 1. The first kappa shape index (κ1) is 26.9. The lowest BCUT2D eigenvalue weighted by Gasteiger charge is -2.15. The Kier molecular flexibility index (Phi) is 20.7. The second-order valence-electron chi connectivity index (χ2n) is 4.68. The zero-order valence-electron chi connectivity index (χ0n) is 17.9. The van der Waals surface area contributed by atoms with Gasteiger partial charge in [-0.05, 0) is 24.7 Å². The maximum Gasteiger partial charge on any atom is 0.128 e. The van der Waals surface area contributed by atoms with Crippen LogP contribution in [0.1, 0.15) is 38.8 Å². The highest BCUT2D eigenvalue weighted by Gasteiger charge is 2.13. The van der Waals surface area contributed by atoms with Crippen molar-refractivity contribution in [1.82, 2.24) is 5.32 Å². The van der Waals surface area contributed by atoms with E-state index in [9.17, 15) is 0 Å². The van der Waals surface area contributed by atoms with Crippen LogP contribution in [0.25, 0.3) is 0 Å². The molecule has 0 saturated carbocycles. The summed E-state index contributed by atoms with van der Waals surface area (Å²) in [5.41, 5.74) is 1.88. The van der Waals surface area contributed by atoms with Crippen molar-refractivity contribution in [2.75, 3.05) is 54.7 Å². The minimum absolute atomic E-state index is 0.412. The lowest BCUT2D eigenvalue weighted by atomic mass is 10.1. The highest BCUT2D eigenvalue weighted by atomic mass is 16.5. The van der Waals surface area contributed by atoms with Gasteiger partial charge in [0.05, 0.1) is 52.8 Å². The third-order valence-corrected chi connectivity index (χ3v) is 3.09. The molecule has 0 atom stereocenters. The lowest BCUT2D eigenvalue weighted by molar-refractivity contribution is 0.0407. The quantitative estimate of drug-likeness (QED) is 0.564. The molecule has 0 aromatic heterocycles. The molecule has 1 aromatic rings. The fourth-order valence-electron chi connectivity index (χ4n) is 2.00. The summed E-state index contributed by atoms with van der Waals surface area (Å²) in [6.07, 6.45) is 0. The summed E-state index contributed by atoms with van der Waals surface area (Å²) in [5, 5.41) is 3.02. The molecule has 0 aliphatic carbocycles. The Labute approximate surface area is 160 Å². The van der Waals surface area contributed by atoms with Crippen molar-refractivity contribution in [2.24, 2.45) is 0 Å². The fourth-order valence-corrected chi connectivity index (χ4v) is 2.00. The van der Waals surface area contributed by atoms with E-state index in [2.05, 4.69) is 5.32 Å². The summed E-state index contributed by atoms with van der Waals surface area (Å²) in [6, 6.07) is 3.88. The van der Waals surface area contributed by atoms with E-state index in [0.29, 0.717) is 33.0 Å². The molecule has 0 saturated heterocycles. The van der Waals surface area contributed by atoms with Crippen molar-refractivity contribution in [3.63, 3.8) is 0 Å². The van der Waals surface area contributed by atoms with Gasteiger partial charge in [-0.3, -0.25) is 0 Å². The van der Waals surface area contributed by atoms with Gasteiger partial charge in [0.1, 0.15) is 11.5 Å². The largest absolute Gasteiger partial charge is 0.496 e. The van der Waals surface area contributed by atoms with Gasteiger partial charge in [-0.25, -0.2) is 0 Å². The Hall–Kier alpha value is -1.34. The highest BCUT2D eigenvalue weighted by Crippen LogP contribution is 2.31. The third kappa shape index (κ3) is 11.3. The van der Waals surface area contributed by atoms with Gasteiger partial charge in [-0.1, -0.05) is 27.7 Å². The Morgan fingerprint density at radius 1 is 0.769 bits per heavy atom. The van der Waals surface area contributed by atoms with Crippen LogP contribution in [0.3, 0.4) is 0 Å². The molecule has 0 aliphatic heterocycles. The summed E-state index contributed by atoms with van der Waals surface area (Å²) in [4.78, 5) is 0. The Morgan fingerprint density at radius 2 is 1.31 bits per heavy atom. The minimum Gasteiger partial charge on any atom is -0.496 e. The average Bonchev–Trinajstić information content (AvgIpc) is 2.70. The number of hydrogen-bond donors (Lipinski definition) is 1. The van der Waals surface area contributed by atoms with Gasteiger partial charge in [-0.15, -0.1) is 0 Å². The molecule has 0 aliphatic rings. The van der Waals surface area contributed by atoms with Crippen molar-refractivity contribution >= 4 is 0 Å². The Morgan fingerprint density at radius 3 is 1.77 bits per heavy atom. The van der Waals surface area contributed by atoms with Crippen molar-refractivity contribution in [1.29, 1.82) is 0 Å². The number of likely N-dealkylation sites (N-methyl/N-ethyl adjacent to an activating group) is 1. The van der Waals surface area contributed by atoms with Crippen LogP contribution in [0, 0.1) is 0 Å². The van der Waals surface area contributed by atoms with Crippen LogP contribution in [0.2, 0.25) is 0 Å². The second-order valence-corrected chi connectivity index (χ2v) is 4.68. The first-order chi connectivity index (χ1) is 12.8. The van der Waals surface area contributed by atoms with E-state index in [4.69, 9.17) is 23.7 Å². The number of rotatable bonds is 12. The van der Waals surface area contributed by atoms with E-state index >= 15 is 0 Å². The standard InChI is InChI=1S/C16H27NO5.2C2H6/c1-17-5-6-21-7-8-22-12-14-15(19-3)9-13(11-18-2)10-16(14)20-4;2*1-2/h9-10,17H,5-8,11-12H2,1-4H3;2*1-2H3. The summed E-state index contributed by atoms with van der Waals surface area (Å²) in [7, 11) is 6.82. The molecular formula is C20H39NO5. The molecule has 0 bridgehead atoms. The van der Waals surface area contributed by atoms with E-state index < -0.39 is 0 Å². The van der Waals surface area contributed by atoms with E-state index in [1.807, 2.05) is 46.9 Å². The van der Waals surface area contributed by atoms with Crippen molar-refractivity contribution < 1.29 is 23.7 Å². The van der Waals surface area contributed by atoms with Gasteiger partial charge < -0.3 is 29.0 Å². The molecule has 6 nitrogen and oxygen atoms in total. The van der Waals surface area contributed by atoms with E-state index in [1.54, 1.807) is 21.3 Å². The van der Waals surface area contributed by atoms with E-state index in [1.165, 1.54) is 0 Å². The maximum atomic E-state index is 5.65. The molecular weight excluding hydrogens is 334 g/mol. The fraction of sp³-hybridized carbons (Fsp3) is 0.700. The lowest BCUT2D eigenvalue weighted by Crippen LogP contribution is -2.16. The SMILES string of the molecule is CC.CC.CNCCOCCOCc1c(OC)cc(COC)cc1OC. The zero-order chi connectivity index (χ0) is 20.2. The third-order valence-electron chi connectivity index (χ3n) is 3.09. The monoisotopic (exact) mass is 373 g/mol. The summed E-state index contributed by atoms with van der Waals surface area (Å²) < 4.78 is 27.1. The van der Waals surface area contributed by atoms with E-state index in [0.717, 1.165) is 29.2 Å². The van der Waals surface area contributed by atoms with Gasteiger partial charge in [0, 0.05) is 13.7 Å². The van der Waals surface area contributed by atoms with Crippen LogP contribution in [0.4, 0.5) is 0 Å². The first-order valence-corrected chi connectivity index (χ1v) is 9.29. The summed E-state index contributed by atoms with van der Waals surface area (Å²) in [5.74, 6) is 1.48. The molecule has 1 N–H and O–H groups in total. The second kappa shape index (κ2) is 20.0. The zero-order valence-corrected chi connectivity index (χ0v) is 17.9. The molecule has 0 unspecified atom stereocenters.